The Labute approximate surface area is 115 Å². The fraction of sp³-hybridized carbons (Fsp3) is 0.533. The van der Waals surface area contributed by atoms with Gasteiger partial charge < -0.3 is 15.8 Å². The molecule has 0 radical (unpaired) electrons. The summed E-state index contributed by atoms with van der Waals surface area (Å²) >= 11 is 0. The lowest BCUT2D eigenvalue weighted by Gasteiger charge is -2.19. The summed E-state index contributed by atoms with van der Waals surface area (Å²) in [5.74, 6) is 0.291. The van der Waals surface area contributed by atoms with Crippen molar-refractivity contribution in [3.63, 3.8) is 0 Å². The number of esters is 1. The van der Waals surface area contributed by atoms with Crippen molar-refractivity contribution < 1.29 is 9.53 Å². The van der Waals surface area contributed by atoms with E-state index in [1.54, 1.807) is 25.1 Å². The molecular weight excluding hydrogens is 240 g/mol. The van der Waals surface area contributed by atoms with E-state index in [1.807, 2.05) is 0 Å². The number of carbonyl (C=O) groups excluding carboxylic acids is 1. The van der Waals surface area contributed by atoms with E-state index in [0.717, 1.165) is 12.1 Å². The minimum absolute atomic E-state index is 0.305. The Morgan fingerprint density at radius 3 is 2.63 bits per heavy atom. The Bertz CT molecular complexity index is 430. The van der Waals surface area contributed by atoms with Crippen molar-refractivity contribution >= 4 is 17.3 Å². The number of nitrogens with one attached hydrogen (secondary N) is 1. The predicted molar refractivity (Wildman–Crippen MR) is 79.4 cm³/mol. The maximum absolute atomic E-state index is 11.7. The molecular formula is C15H24N2O2. The van der Waals surface area contributed by atoms with Crippen LogP contribution in [0.2, 0.25) is 0 Å². The molecule has 0 aliphatic rings. The van der Waals surface area contributed by atoms with Crippen LogP contribution in [-0.4, -0.2) is 18.6 Å². The third kappa shape index (κ3) is 4.81. The first-order chi connectivity index (χ1) is 8.93. The summed E-state index contributed by atoms with van der Waals surface area (Å²) in [5, 5.41) is 3.35. The van der Waals surface area contributed by atoms with Crippen LogP contribution < -0.4 is 11.1 Å². The maximum atomic E-state index is 11.7. The fourth-order valence-electron chi connectivity index (χ4n) is 2.05. The summed E-state index contributed by atoms with van der Waals surface area (Å²) in [6.45, 7) is 8.62. The van der Waals surface area contributed by atoms with Gasteiger partial charge >= 0.3 is 5.97 Å². The predicted octanol–water partition coefficient (Wildman–Crippen LogP) is 3.29. The number of nitrogen functional groups attached to an aromatic ring is 1. The molecule has 4 heteroatoms. The molecule has 4 nitrogen and oxygen atoms in total. The number of carbonyl (C=O) groups is 1. The smallest absolute Gasteiger partial charge is 0.338 e. The van der Waals surface area contributed by atoms with Crippen molar-refractivity contribution in [2.45, 2.75) is 40.2 Å². The van der Waals surface area contributed by atoms with Crippen molar-refractivity contribution in [2.75, 3.05) is 17.7 Å². The first-order valence-corrected chi connectivity index (χ1v) is 6.77. The molecule has 1 aromatic carbocycles. The molecule has 0 amide bonds. The molecule has 0 fully saturated rings. The number of nitrogens with two attached hydrogens (primary N) is 1. The second-order valence-electron chi connectivity index (χ2n) is 5.20. The lowest BCUT2D eigenvalue weighted by Crippen LogP contribution is -2.18. The normalized spacial score (nSPS) is 12.3. The monoisotopic (exact) mass is 264 g/mol. The third-order valence-corrected chi connectivity index (χ3v) is 2.79. The van der Waals surface area contributed by atoms with E-state index in [1.165, 1.54) is 0 Å². The molecule has 0 spiro atoms. The lowest BCUT2D eigenvalue weighted by molar-refractivity contribution is 0.0526. The van der Waals surface area contributed by atoms with Gasteiger partial charge in [-0.05, 0) is 44.4 Å². The van der Waals surface area contributed by atoms with Crippen LogP contribution in [0.15, 0.2) is 18.2 Å². The number of ether oxygens (including phenoxy) is 1. The van der Waals surface area contributed by atoms with Crippen molar-refractivity contribution in [3.05, 3.63) is 23.8 Å². The second-order valence-corrected chi connectivity index (χ2v) is 5.20. The van der Waals surface area contributed by atoms with Crippen LogP contribution in [0.3, 0.4) is 0 Å². The van der Waals surface area contributed by atoms with Crippen molar-refractivity contribution in [1.29, 1.82) is 0 Å². The Kier molecular flexibility index (Phi) is 5.67. The summed E-state index contributed by atoms with van der Waals surface area (Å²) in [7, 11) is 0. The Balaban J connectivity index is 2.82. The summed E-state index contributed by atoms with van der Waals surface area (Å²) in [5.41, 5.74) is 7.88. The molecule has 19 heavy (non-hydrogen) atoms. The number of hydrogen-bond donors (Lipinski definition) is 2. The highest BCUT2D eigenvalue weighted by atomic mass is 16.5. The number of anilines is 2. The molecule has 0 saturated heterocycles. The summed E-state index contributed by atoms with van der Waals surface area (Å²) in [6.07, 6.45) is 1.04. The summed E-state index contributed by atoms with van der Waals surface area (Å²) < 4.78 is 4.98. The van der Waals surface area contributed by atoms with Crippen molar-refractivity contribution in [1.82, 2.24) is 0 Å². The summed E-state index contributed by atoms with van der Waals surface area (Å²) in [6, 6.07) is 5.48. The third-order valence-electron chi connectivity index (χ3n) is 2.79. The van der Waals surface area contributed by atoms with Gasteiger partial charge in [-0.25, -0.2) is 4.79 Å². The maximum Gasteiger partial charge on any atom is 0.338 e. The zero-order chi connectivity index (χ0) is 14.4. The van der Waals surface area contributed by atoms with E-state index in [9.17, 15) is 4.79 Å². The molecule has 1 atom stereocenters. The minimum atomic E-state index is -0.318. The molecule has 0 saturated carbocycles. The largest absolute Gasteiger partial charge is 0.462 e. The molecule has 0 aliphatic carbocycles. The fourth-order valence-corrected chi connectivity index (χ4v) is 2.05. The van der Waals surface area contributed by atoms with Crippen LogP contribution in [0, 0.1) is 5.92 Å². The van der Waals surface area contributed by atoms with Gasteiger partial charge in [-0.15, -0.1) is 0 Å². The van der Waals surface area contributed by atoms with E-state index in [0.29, 0.717) is 29.8 Å². The highest BCUT2D eigenvalue weighted by Gasteiger charge is 2.11. The van der Waals surface area contributed by atoms with Gasteiger partial charge in [0.1, 0.15) is 0 Å². The van der Waals surface area contributed by atoms with Crippen LogP contribution >= 0.6 is 0 Å². The van der Waals surface area contributed by atoms with Gasteiger partial charge in [0.05, 0.1) is 23.5 Å². The molecule has 0 aromatic heterocycles. The van der Waals surface area contributed by atoms with Crippen LogP contribution in [0.4, 0.5) is 11.4 Å². The molecule has 106 valence electrons. The van der Waals surface area contributed by atoms with Crippen LogP contribution in [0.1, 0.15) is 44.5 Å². The van der Waals surface area contributed by atoms with Crippen LogP contribution in [-0.2, 0) is 4.74 Å². The Hall–Kier alpha value is -1.71. The SMILES string of the molecule is CCOC(=O)c1ccc(N)c(NC(C)CC(C)C)c1. The van der Waals surface area contributed by atoms with E-state index in [4.69, 9.17) is 10.5 Å². The second kappa shape index (κ2) is 7.02. The quantitative estimate of drug-likeness (QED) is 0.611. The van der Waals surface area contributed by atoms with E-state index in [2.05, 4.69) is 26.1 Å². The highest BCUT2D eigenvalue weighted by molar-refractivity contribution is 5.92. The van der Waals surface area contributed by atoms with Crippen molar-refractivity contribution in [3.8, 4) is 0 Å². The zero-order valence-electron chi connectivity index (χ0n) is 12.2. The van der Waals surface area contributed by atoms with E-state index in [-0.39, 0.29) is 5.97 Å². The Morgan fingerprint density at radius 1 is 1.37 bits per heavy atom. The van der Waals surface area contributed by atoms with E-state index < -0.39 is 0 Å². The van der Waals surface area contributed by atoms with Gasteiger partial charge in [-0.2, -0.15) is 0 Å². The van der Waals surface area contributed by atoms with Crippen molar-refractivity contribution in [2.24, 2.45) is 5.92 Å². The van der Waals surface area contributed by atoms with Gasteiger partial charge in [0.25, 0.3) is 0 Å². The zero-order valence-corrected chi connectivity index (χ0v) is 12.2. The number of benzene rings is 1. The molecule has 1 unspecified atom stereocenters. The molecule has 0 bridgehead atoms. The Morgan fingerprint density at radius 2 is 2.05 bits per heavy atom. The highest BCUT2D eigenvalue weighted by Crippen LogP contribution is 2.22. The van der Waals surface area contributed by atoms with Gasteiger partial charge in [0.15, 0.2) is 0 Å². The molecule has 3 N–H and O–H groups in total. The molecule has 1 aromatic rings. The first-order valence-electron chi connectivity index (χ1n) is 6.77. The molecule has 0 aliphatic heterocycles. The number of hydrogen-bond acceptors (Lipinski definition) is 4. The van der Waals surface area contributed by atoms with E-state index >= 15 is 0 Å². The first kappa shape index (κ1) is 15.3. The topological polar surface area (TPSA) is 64.3 Å². The average Bonchev–Trinajstić information content (AvgIpc) is 2.31. The molecule has 1 rings (SSSR count). The molecule has 0 heterocycles. The van der Waals surface area contributed by atoms with Gasteiger partial charge in [-0.3, -0.25) is 0 Å². The minimum Gasteiger partial charge on any atom is -0.462 e. The standard InChI is InChI=1S/C15H24N2O2/c1-5-19-15(18)12-6-7-13(16)14(9-12)17-11(4)8-10(2)3/h6-7,9-11,17H,5,8,16H2,1-4H3. The van der Waals surface area contributed by atoms with Gasteiger partial charge in [0, 0.05) is 6.04 Å². The lowest BCUT2D eigenvalue weighted by atomic mass is 10.0. The average molecular weight is 264 g/mol. The van der Waals surface area contributed by atoms with Gasteiger partial charge in [0.2, 0.25) is 0 Å². The van der Waals surface area contributed by atoms with Crippen LogP contribution in [0.25, 0.3) is 0 Å². The van der Waals surface area contributed by atoms with Crippen LogP contribution in [0.5, 0.6) is 0 Å². The summed E-state index contributed by atoms with van der Waals surface area (Å²) in [4.78, 5) is 11.7. The van der Waals surface area contributed by atoms with Gasteiger partial charge in [-0.1, -0.05) is 13.8 Å². The number of rotatable bonds is 6.